The highest BCUT2D eigenvalue weighted by atomic mass is 32.2. The van der Waals surface area contributed by atoms with Crippen molar-refractivity contribution in [2.24, 2.45) is 5.73 Å². The SMILES string of the molecule is CC(N)CCSCC1CCC(C)O1. The minimum Gasteiger partial charge on any atom is -0.374 e. The summed E-state index contributed by atoms with van der Waals surface area (Å²) in [5.74, 6) is 2.32. The Kier molecular flexibility index (Phi) is 5.14. The van der Waals surface area contributed by atoms with Crippen LogP contribution in [0, 0.1) is 0 Å². The Hall–Kier alpha value is 0.270. The number of hydrogen-bond acceptors (Lipinski definition) is 3. The number of thioether (sulfide) groups is 1. The molecule has 0 aromatic carbocycles. The zero-order valence-electron chi connectivity index (χ0n) is 8.66. The summed E-state index contributed by atoms with van der Waals surface area (Å²) in [7, 11) is 0. The van der Waals surface area contributed by atoms with Crippen LogP contribution in [0.15, 0.2) is 0 Å². The molecule has 0 aliphatic carbocycles. The number of nitrogens with two attached hydrogens (primary N) is 1. The van der Waals surface area contributed by atoms with Gasteiger partial charge in [0.2, 0.25) is 0 Å². The fraction of sp³-hybridized carbons (Fsp3) is 1.00. The maximum absolute atomic E-state index is 5.72. The fourth-order valence-corrected chi connectivity index (χ4v) is 2.71. The molecule has 3 heteroatoms. The second-order valence-electron chi connectivity index (χ2n) is 3.99. The van der Waals surface area contributed by atoms with Crippen molar-refractivity contribution < 1.29 is 4.74 Å². The minimum absolute atomic E-state index is 0.343. The molecule has 0 aromatic heterocycles. The smallest absolute Gasteiger partial charge is 0.0670 e. The Morgan fingerprint density at radius 1 is 1.54 bits per heavy atom. The number of hydrogen-bond donors (Lipinski definition) is 1. The van der Waals surface area contributed by atoms with Gasteiger partial charge in [-0.05, 0) is 38.9 Å². The third-order valence-corrected chi connectivity index (χ3v) is 3.47. The summed E-state index contributed by atoms with van der Waals surface area (Å²) in [6.07, 6.45) is 4.59. The first-order chi connectivity index (χ1) is 6.18. The van der Waals surface area contributed by atoms with E-state index in [1.807, 2.05) is 11.8 Å². The van der Waals surface area contributed by atoms with Gasteiger partial charge in [-0.15, -0.1) is 0 Å². The van der Waals surface area contributed by atoms with E-state index in [0.717, 1.165) is 12.2 Å². The second kappa shape index (κ2) is 5.89. The molecule has 0 bridgehead atoms. The van der Waals surface area contributed by atoms with E-state index in [4.69, 9.17) is 10.5 Å². The molecule has 2 nitrogen and oxygen atoms in total. The van der Waals surface area contributed by atoms with Crippen LogP contribution in [0.1, 0.15) is 33.1 Å². The monoisotopic (exact) mass is 203 g/mol. The van der Waals surface area contributed by atoms with Crippen LogP contribution in [-0.2, 0) is 4.74 Å². The van der Waals surface area contributed by atoms with Crippen molar-refractivity contribution in [3.05, 3.63) is 0 Å². The Bertz CT molecular complexity index is 141. The van der Waals surface area contributed by atoms with Crippen molar-refractivity contribution in [3.8, 4) is 0 Å². The Morgan fingerprint density at radius 2 is 2.31 bits per heavy atom. The molecule has 1 saturated heterocycles. The predicted octanol–water partition coefficient (Wildman–Crippen LogP) is 2.02. The molecule has 2 N–H and O–H groups in total. The van der Waals surface area contributed by atoms with E-state index in [1.165, 1.54) is 18.6 Å². The van der Waals surface area contributed by atoms with E-state index in [2.05, 4.69) is 13.8 Å². The van der Waals surface area contributed by atoms with E-state index in [1.54, 1.807) is 0 Å². The van der Waals surface area contributed by atoms with Crippen LogP contribution in [0.25, 0.3) is 0 Å². The van der Waals surface area contributed by atoms with Crippen molar-refractivity contribution in [1.82, 2.24) is 0 Å². The first kappa shape index (κ1) is 11.3. The third kappa shape index (κ3) is 4.89. The van der Waals surface area contributed by atoms with Crippen LogP contribution in [0.3, 0.4) is 0 Å². The first-order valence-corrected chi connectivity index (χ1v) is 6.32. The average Bonchev–Trinajstić information content (AvgIpc) is 2.45. The molecule has 1 aliphatic rings. The molecule has 0 spiro atoms. The van der Waals surface area contributed by atoms with Crippen molar-refractivity contribution in [2.75, 3.05) is 11.5 Å². The van der Waals surface area contributed by atoms with E-state index < -0.39 is 0 Å². The molecule has 1 rings (SSSR count). The Labute approximate surface area is 85.6 Å². The highest BCUT2D eigenvalue weighted by Crippen LogP contribution is 2.22. The summed E-state index contributed by atoms with van der Waals surface area (Å²) < 4.78 is 5.72. The molecule has 3 unspecified atom stereocenters. The van der Waals surface area contributed by atoms with Crippen LogP contribution >= 0.6 is 11.8 Å². The maximum atomic E-state index is 5.72. The van der Waals surface area contributed by atoms with Crippen molar-refractivity contribution >= 4 is 11.8 Å². The molecule has 1 aliphatic heterocycles. The largest absolute Gasteiger partial charge is 0.374 e. The van der Waals surface area contributed by atoms with Gasteiger partial charge in [-0.25, -0.2) is 0 Å². The highest BCUT2D eigenvalue weighted by Gasteiger charge is 2.21. The topological polar surface area (TPSA) is 35.2 Å². The van der Waals surface area contributed by atoms with Gasteiger partial charge in [0.1, 0.15) is 0 Å². The van der Waals surface area contributed by atoms with Crippen LogP contribution in [0.5, 0.6) is 0 Å². The molecule has 3 atom stereocenters. The van der Waals surface area contributed by atoms with Crippen LogP contribution in [0.2, 0.25) is 0 Å². The van der Waals surface area contributed by atoms with Crippen LogP contribution in [0.4, 0.5) is 0 Å². The predicted molar refractivity (Wildman–Crippen MR) is 59.2 cm³/mol. The van der Waals surface area contributed by atoms with Gasteiger partial charge in [-0.2, -0.15) is 11.8 Å². The van der Waals surface area contributed by atoms with Gasteiger partial charge >= 0.3 is 0 Å². The van der Waals surface area contributed by atoms with Gasteiger partial charge in [0.15, 0.2) is 0 Å². The van der Waals surface area contributed by atoms with Crippen molar-refractivity contribution in [2.45, 2.75) is 51.4 Å². The molecular weight excluding hydrogens is 182 g/mol. The van der Waals surface area contributed by atoms with Crippen LogP contribution in [-0.4, -0.2) is 29.8 Å². The lowest BCUT2D eigenvalue weighted by atomic mass is 10.2. The summed E-state index contributed by atoms with van der Waals surface area (Å²) in [5, 5.41) is 0. The van der Waals surface area contributed by atoms with Gasteiger partial charge in [-0.1, -0.05) is 0 Å². The quantitative estimate of drug-likeness (QED) is 0.694. The van der Waals surface area contributed by atoms with E-state index in [9.17, 15) is 0 Å². The van der Waals surface area contributed by atoms with Gasteiger partial charge in [-0.3, -0.25) is 0 Å². The molecule has 0 aromatic rings. The fourth-order valence-electron chi connectivity index (χ4n) is 1.49. The minimum atomic E-state index is 0.343. The van der Waals surface area contributed by atoms with Crippen molar-refractivity contribution in [3.63, 3.8) is 0 Å². The molecule has 0 amide bonds. The Balaban J connectivity index is 1.94. The average molecular weight is 203 g/mol. The molecule has 1 fully saturated rings. The second-order valence-corrected chi connectivity index (χ2v) is 5.14. The lowest BCUT2D eigenvalue weighted by Crippen LogP contribution is -2.16. The molecule has 1 heterocycles. The summed E-state index contributed by atoms with van der Waals surface area (Å²) >= 11 is 1.98. The van der Waals surface area contributed by atoms with E-state index in [0.29, 0.717) is 18.2 Å². The standard InChI is InChI=1S/C10H21NOS/c1-8(11)5-6-13-7-10-4-3-9(2)12-10/h8-10H,3-7,11H2,1-2H3. The normalized spacial score (nSPS) is 30.7. The zero-order chi connectivity index (χ0) is 9.68. The summed E-state index contributed by atoms with van der Waals surface area (Å²) in [6.45, 7) is 4.22. The molecule has 13 heavy (non-hydrogen) atoms. The van der Waals surface area contributed by atoms with Crippen LogP contribution < -0.4 is 5.73 Å². The third-order valence-electron chi connectivity index (χ3n) is 2.34. The van der Waals surface area contributed by atoms with Gasteiger partial charge in [0.25, 0.3) is 0 Å². The highest BCUT2D eigenvalue weighted by molar-refractivity contribution is 7.99. The molecule has 0 saturated carbocycles. The zero-order valence-corrected chi connectivity index (χ0v) is 9.48. The summed E-state index contributed by atoms with van der Waals surface area (Å²) in [4.78, 5) is 0. The lowest BCUT2D eigenvalue weighted by molar-refractivity contribution is 0.0700. The molecule has 0 radical (unpaired) electrons. The van der Waals surface area contributed by atoms with Gasteiger partial charge < -0.3 is 10.5 Å². The number of rotatable bonds is 5. The maximum Gasteiger partial charge on any atom is 0.0670 e. The number of ether oxygens (including phenoxy) is 1. The van der Waals surface area contributed by atoms with Gasteiger partial charge in [0, 0.05) is 11.8 Å². The summed E-state index contributed by atoms with van der Waals surface area (Å²) in [5.41, 5.74) is 5.66. The summed E-state index contributed by atoms with van der Waals surface area (Å²) in [6, 6.07) is 0.343. The first-order valence-electron chi connectivity index (χ1n) is 5.17. The van der Waals surface area contributed by atoms with E-state index in [-0.39, 0.29) is 0 Å². The van der Waals surface area contributed by atoms with Crippen molar-refractivity contribution in [1.29, 1.82) is 0 Å². The Morgan fingerprint density at radius 3 is 2.85 bits per heavy atom. The molecule has 78 valence electrons. The lowest BCUT2D eigenvalue weighted by Gasteiger charge is -2.10. The molecular formula is C10H21NOS. The van der Waals surface area contributed by atoms with E-state index >= 15 is 0 Å². The van der Waals surface area contributed by atoms with Gasteiger partial charge in [0.05, 0.1) is 12.2 Å².